The van der Waals surface area contributed by atoms with Gasteiger partial charge in [0.25, 0.3) is 0 Å². The van der Waals surface area contributed by atoms with E-state index in [1.165, 1.54) is 0 Å². The summed E-state index contributed by atoms with van der Waals surface area (Å²) >= 11 is 0. The predicted molar refractivity (Wildman–Crippen MR) is 19.5 cm³/mol. The minimum absolute atomic E-state index is 0.302. The molecular formula is C3H5NO. The van der Waals surface area contributed by atoms with E-state index in [1.807, 2.05) is 0 Å². The average Bonchev–Trinajstić information content (AvgIpc) is 1.65. The minimum atomic E-state index is -0.449. The Morgan fingerprint density at radius 1 is 2.40 bits per heavy atom. The molecule has 0 saturated heterocycles. The summed E-state index contributed by atoms with van der Waals surface area (Å²) in [7, 11) is 0. The van der Waals surface area contributed by atoms with Crippen LogP contribution in [-0.2, 0) is 4.79 Å². The van der Waals surface area contributed by atoms with E-state index in [2.05, 4.69) is 0 Å². The van der Waals surface area contributed by atoms with Gasteiger partial charge in [0, 0.05) is 8.27 Å². The van der Waals surface area contributed by atoms with Crippen LogP contribution in [0.3, 0.4) is 0 Å². The molecule has 0 spiro atoms. The Bertz CT molecular complexity index is 71.2. The zero-order chi connectivity index (χ0) is 4.99. The zero-order valence-electron chi connectivity index (χ0n) is 3.69. The van der Waals surface area contributed by atoms with Crippen molar-refractivity contribution >= 4 is 12.0 Å². The summed E-state index contributed by atoms with van der Waals surface area (Å²) in [5.41, 5.74) is 0. The van der Waals surface area contributed by atoms with E-state index in [4.69, 9.17) is 6.78 Å². The molecule has 0 aromatic rings. The average molecular weight is 72.1 g/mol. The van der Waals surface area contributed by atoms with Gasteiger partial charge in [-0.05, 0) is 0 Å². The Kier molecular flexibility index (Phi) is 0.843. The van der Waals surface area contributed by atoms with Crippen LogP contribution in [0.5, 0.6) is 0 Å². The summed E-state index contributed by atoms with van der Waals surface area (Å²) in [4.78, 5) is 9.75. The molecule has 0 bridgehead atoms. The van der Waals surface area contributed by atoms with E-state index in [9.17, 15) is 4.79 Å². The normalized spacial score (nSPS) is 9.20. The van der Waals surface area contributed by atoms with Gasteiger partial charge in [0.15, 0.2) is 5.78 Å². The van der Waals surface area contributed by atoms with Crippen molar-refractivity contribution in [2.45, 2.75) is 6.90 Å². The fourth-order valence-electron chi connectivity index (χ4n) is 0. The molecule has 2 heteroatoms. The van der Waals surface area contributed by atoms with E-state index in [-0.39, 0.29) is 6.90 Å². The van der Waals surface area contributed by atoms with Crippen LogP contribution < -0.4 is 0 Å². The molecule has 0 aliphatic carbocycles. The van der Waals surface area contributed by atoms with Crippen LogP contribution in [0.4, 0.5) is 0 Å². The fraction of sp³-hybridized carbons (Fsp3) is 0.333. The van der Waals surface area contributed by atoms with Gasteiger partial charge in [-0.2, -0.15) is 0 Å². The van der Waals surface area contributed by atoms with Crippen molar-refractivity contribution in [3.63, 3.8) is 0 Å². The lowest BCUT2D eigenvalue weighted by molar-refractivity contribution is -0.110. The van der Waals surface area contributed by atoms with E-state index in [0.717, 1.165) is 0 Å². The largest absolute Gasteiger partial charge is 0.305 e. The van der Waals surface area contributed by atoms with Crippen LogP contribution in [0.2, 0.25) is 0 Å². The van der Waals surface area contributed by atoms with Gasteiger partial charge in [-0.1, -0.05) is 0 Å². The molecular weight excluding hydrogens is 66.0 g/mol. The van der Waals surface area contributed by atoms with Gasteiger partial charge >= 0.3 is 0 Å². The molecule has 0 aliphatic rings. The third-order valence-corrected chi connectivity index (χ3v) is 0.161. The topological polar surface area (TPSA) is 40.9 Å². The first-order valence-electron chi connectivity index (χ1n) is 1.84. The quantitative estimate of drug-likeness (QED) is 0.442. The highest BCUT2D eigenvalue weighted by Crippen LogP contribution is 1.49. The van der Waals surface area contributed by atoms with Crippen LogP contribution >= 0.6 is 0 Å². The van der Waals surface area contributed by atoms with Crippen molar-refractivity contribution in [1.82, 2.24) is 0 Å². The van der Waals surface area contributed by atoms with Crippen molar-refractivity contribution in [1.29, 1.82) is 5.41 Å². The summed E-state index contributed by atoms with van der Waals surface area (Å²) in [6.45, 7) is -0.302. The summed E-state index contributed by atoms with van der Waals surface area (Å²) in [5.74, 6) is -0.449. The lowest BCUT2D eigenvalue weighted by atomic mass is 10.5. The maximum absolute atomic E-state index is 9.75. The van der Waals surface area contributed by atoms with Crippen molar-refractivity contribution in [3.05, 3.63) is 0 Å². The maximum Gasteiger partial charge on any atom is 0.170 e. The molecule has 0 saturated carbocycles. The summed E-state index contributed by atoms with van der Waals surface area (Å²) in [5, 5.41) is 6.21. The number of Topliss-reactive ketones (excluding diaryl/α,β-unsaturated/α-hetero) is 1. The molecule has 2 nitrogen and oxygen atoms in total. The number of nitrogens with one attached hydrogen (secondary N) is 1. The Morgan fingerprint density at radius 3 is 3.00 bits per heavy atom. The number of carbonyl (C=O) groups excluding carboxylic acids is 1. The molecule has 5 heavy (non-hydrogen) atoms. The lowest BCUT2D eigenvalue weighted by Crippen LogP contribution is -1.84. The van der Waals surface area contributed by atoms with Gasteiger partial charge in [0.05, 0.1) is 6.21 Å². The van der Waals surface area contributed by atoms with Crippen LogP contribution in [-0.4, -0.2) is 12.0 Å². The van der Waals surface area contributed by atoms with Crippen LogP contribution in [0.1, 0.15) is 8.27 Å². The molecule has 0 radical (unpaired) electrons. The zero-order valence-corrected chi connectivity index (χ0v) is 2.69. The standard InChI is InChI=1S/C3H5NO/c1-3(5)2-4/h2,4H,1H3/i1D. The van der Waals surface area contributed by atoms with Gasteiger partial charge in [-0.3, -0.25) is 4.79 Å². The molecule has 1 N–H and O–H groups in total. The van der Waals surface area contributed by atoms with E-state index in [0.29, 0.717) is 6.21 Å². The van der Waals surface area contributed by atoms with Crippen molar-refractivity contribution in [2.75, 3.05) is 0 Å². The van der Waals surface area contributed by atoms with Gasteiger partial charge < -0.3 is 5.41 Å². The summed E-state index contributed by atoms with van der Waals surface area (Å²) < 4.78 is 6.31. The smallest absolute Gasteiger partial charge is 0.170 e. The molecule has 0 aromatic heterocycles. The molecule has 0 fully saturated rings. The van der Waals surface area contributed by atoms with E-state index in [1.54, 1.807) is 0 Å². The van der Waals surface area contributed by atoms with Crippen LogP contribution in [0.15, 0.2) is 0 Å². The molecule has 28 valence electrons. The molecule has 0 aromatic carbocycles. The number of carbonyl (C=O) groups is 1. The first-order chi connectivity index (χ1) is 2.81. The van der Waals surface area contributed by atoms with Crippen LogP contribution in [0.25, 0.3) is 0 Å². The van der Waals surface area contributed by atoms with E-state index >= 15 is 0 Å². The van der Waals surface area contributed by atoms with Crippen molar-refractivity contribution in [3.8, 4) is 0 Å². The maximum atomic E-state index is 9.75. The predicted octanol–water partition coefficient (Wildman–Crippen LogP) is 0.225. The first-order valence-corrected chi connectivity index (χ1v) is 1.14. The van der Waals surface area contributed by atoms with Crippen molar-refractivity contribution in [2.24, 2.45) is 0 Å². The molecule has 0 unspecified atom stereocenters. The number of rotatable bonds is 1. The van der Waals surface area contributed by atoms with E-state index < -0.39 is 5.78 Å². The number of ketones is 1. The van der Waals surface area contributed by atoms with Crippen LogP contribution in [0, 0.1) is 5.41 Å². The Hall–Kier alpha value is -0.660. The highest BCUT2D eigenvalue weighted by atomic mass is 16.1. The fourth-order valence-corrected chi connectivity index (χ4v) is 0. The second-order valence-corrected chi connectivity index (χ2v) is 0.611. The number of hydrogen-bond donors (Lipinski definition) is 1. The highest BCUT2D eigenvalue weighted by molar-refractivity contribution is 6.24. The Morgan fingerprint density at radius 2 is 3.00 bits per heavy atom. The molecule has 0 aliphatic heterocycles. The first kappa shape index (κ1) is 2.57. The van der Waals surface area contributed by atoms with Gasteiger partial charge in [-0.25, -0.2) is 0 Å². The van der Waals surface area contributed by atoms with Gasteiger partial charge in [0.2, 0.25) is 0 Å². The third-order valence-electron chi connectivity index (χ3n) is 0.161. The van der Waals surface area contributed by atoms with Gasteiger partial charge in [-0.15, -0.1) is 0 Å². The Labute approximate surface area is 31.7 Å². The number of hydrogen-bond acceptors (Lipinski definition) is 2. The SMILES string of the molecule is [2H]CC(=O)C=N. The monoisotopic (exact) mass is 72.0 g/mol. The molecule has 0 rings (SSSR count). The molecule has 0 amide bonds. The summed E-state index contributed by atoms with van der Waals surface area (Å²) in [6.07, 6.45) is 0.646. The van der Waals surface area contributed by atoms with Crippen molar-refractivity contribution < 1.29 is 6.17 Å². The second-order valence-electron chi connectivity index (χ2n) is 0.611. The minimum Gasteiger partial charge on any atom is -0.305 e. The second kappa shape index (κ2) is 1.64. The third kappa shape index (κ3) is 3.34. The summed E-state index contributed by atoms with van der Waals surface area (Å²) in [6, 6.07) is 0. The Balaban J connectivity index is 3.23. The van der Waals surface area contributed by atoms with Gasteiger partial charge in [0.1, 0.15) is 0 Å². The molecule has 0 atom stereocenters. The highest BCUT2D eigenvalue weighted by Gasteiger charge is 1.72. The lowest BCUT2D eigenvalue weighted by Gasteiger charge is -1.61. The molecule has 0 heterocycles.